The molecule has 3 aliphatic rings. The molecule has 2 saturated carbocycles. The molecule has 94 valence electrons. The summed E-state index contributed by atoms with van der Waals surface area (Å²) in [5.41, 5.74) is -0.301. The molecule has 0 unspecified atom stereocenters. The standard InChI is InChI=1S/C14H21NO2/c1-15-12(16)9-14(13(15)17)7-6-10-4-2-3-5-11(10)8-14/h10-11H,2-9H2,1H3/t10-,11-,14+/m0/s1. The first kappa shape index (κ1) is 11.2. The predicted molar refractivity (Wildman–Crippen MR) is 64.1 cm³/mol. The van der Waals surface area contributed by atoms with Gasteiger partial charge in [0.05, 0.1) is 5.41 Å². The largest absolute Gasteiger partial charge is 0.285 e. The van der Waals surface area contributed by atoms with Crippen molar-refractivity contribution in [2.24, 2.45) is 17.3 Å². The van der Waals surface area contributed by atoms with Crippen molar-refractivity contribution >= 4 is 11.8 Å². The molecule has 3 fully saturated rings. The van der Waals surface area contributed by atoms with Crippen LogP contribution in [0.1, 0.15) is 51.4 Å². The smallest absolute Gasteiger partial charge is 0.235 e. The minimum absolute atomic E-state index is 0.0317. The summed E-state index contributed by atoms with van der Waals surface area (Å²) in [6.45, 7) is 0. The molecule has 2 amide bonds. The molecule has 3 nitrogen and oxygen atoms in total. The van der Waals surface area contributed by atoms with Crippen LogP contribution in [0.15, 0.2) is 0 Å². The number of fused-ring (bicyclic) bond motifs is 1. The summed E-state index contributed by atoms with van der Waals surface area (Å²) in [6, 6.07) is 0. The zero-order valence-electron chi connectivity index (χ0n) is 10.6. The van der Waals surface area contributed by atoms with Crippen molar-refractivity contribution in [3.8, 4) is 0 Å². The fourth-order valence-electron chi connectivity index (χ4n) is 4.31. The summed E-state index contributed by atoms with van der Waals surface area (Å²) >= 11 is 0. The van der Waals surface area contributed by atoms with E-state index in [-0.39, 0.29) is 17.2 Å². The Morgan fingerprint density at radius 1 is 1.12 bits per heavy atom. The van der Waals surface area contributed by atoms with E-state index < -0.39 is 0 Å². The minimum Gasteiger partial charge on any atom is -0.285 e. The molecule has 17 heavy (non-hydrogen) atoms. The van der Waals surface area contributed by atoms with E-state index in [0.717, 1.165) is 25.2 Å². The Balaban J connectivity index is 1.81. The van der Waals surface area contributed by atoms with Crippen molar-refractivity contribution in [2.45, 2.75) is 51.4 Å². The Bertz CT molecular complexity index is 365. The van der Waals surface area contributed by atoms with Crippen molar-refractivity contribution in [3.63, 3.8) is 0 Å². The van der Waals surface area contributed by atoms with Gasteiger partial charge in [-0.1, -0.05) is 25.7 Å². The van der Waals surface area contributed by atoms with Gasteiger partial charge in [0.25, 0.3) is 0 Å². The van der Waals surface area contributed by atoms with Crippen LogP contribution in [-0.4, -0.2) is 23.8 Å². The first-order valence-corrected chi connectivity index (χ1v) is 6.93. The highest BCUT2D eigenvalue weighted by Crippen LogP contribution is 2.52. The molecule has 3 atom stereocenters. The Hall–Kier alpha value is -0.860. The first-order chi connectivity index (χ1) is 8.12. The van der Waals surface area contributed by atoms with Crippen LogP contribution in [0.4, 0.5) is 0 Å². The highest BCUT2D eigenvalue weighted by molar-refractivity contribution is 6.05. The Morgan fingerprint density at radius 2 is 1.82 bits per heavy atom. The number of imide groups is 1. The van der Waals surface area contributed by atoms with Gasteiger partial charge < -0.3 is 0 Å². The van der Waals surface area contributed by atoms with Crippen LogP contribution in [0, 0.1) is 17.3 Å². The van der Waals surface area contributed by atoms with Gasteiger partial charge >= 0.3 is 0 Å². The second kappa shape index (κ2) is 3.82. The SMILES string of the molecule is CN1C(=O)C[C@]2(CC[C@@H]3CCCC[C@H]3C2)C1=O. The van der Waals surface area contributed by atoms with Crippen LogP contribution in [0.3, 0.4) is 0 Å². The quantitative estimate of drug-likeness (QED) is 0.604. The van der Waals surface area contributed by atoms with Gasteiger partial charge in [0, 0.05) is 13.5 Å². The molecule has 0 aromatic carbocycles. The summed E-state index contributed by atoms with van der Waals surface area (Å²) in [5.74, 6) is 1.68. The molecule has 0 N–H and O–H groups in total. The van der Waals surface area contributed by atoms with Crippen LogP contribution < -0.4 is 0 Å². The summed E-state index contributed by atoms with van der Waals surface area (Å²) in [7, 11) is 1.65. The number of carbonyl (C=O) groups excluding carboxylic acids is 2. The van der Waals surface area contributed by atoms with E-state index >= 15 is 0 Å². The normalized spacial score (nSPS) is 42.1. The van der Waals surface area contributed by atoms with Crippen LogP contribution >= 0.6 is 0 Å². The predicted octanol–water partition coefficient (Wildman–Crippen LogP) is 2.35. The monoisotopic (exact) mass is 235 g/mol. The van der Waals surface area contributed by atoms with Crippen molar-refractivity contribution in [2.75, 3.05) is 7.05 Å². The third kappa shape index (κ3) is 1.62. The summed E-state index contributed by atoms with van der Waals surface area (Å²) < 4.78 is 0. The second-order valence-corrected chi connectivity index (χ2v) is 6.26. The molecular formula is C14H21NO2. The van der Waals surface area contributed by atoms with Crippen LogP contribution in [0.25, 0.3) is 0 Å². The van der Waals surface area contributed by atoms with Crippen LogP contribution in [-0.2, 0) is 9.59 Å². The number of amides is 2. The number of nitrogens with zero attached hydrogens (tertiary/aromatic N) is 1. The summed E-state index contributed by atoms with van der Waals surface area (Å²) in [5, 5.41) is 0. The third-order valence-corrected chi connectivity index (χ3v) is 5.34. The Labute approximate surface area is 103 Å². The van der Waals surface area contributed by atoms with Crippen LogP contribution in [0.2, 0.25) is 0 Å². The van der Waals surface area contributed by atoms with E-state index in [4.69, 9.17) is 0 Å². The van der Waals surface area contributed by atoms with Crippen molar-refractivity contribution in [1.82, 2.24) is 4.90 Å². The van der Waals surface area contributed by atoms with Gasteiger partial charge in [-0.3, -0.25) is 14.5 Å². The molecular weight excluding hydrogens is 214 g/mol. The first-order valence-electron chi connectivity index (χ1n) is 6.93. The van der Waals surface area contributed by atoms with Gasteiger partial charge in [0.2, 0.25) is 11.8 Å². The zero-order chi connectivity index (χ0) is 12.0. The average Bonchev–Trinajstić information content (AvgIpc) is 2.54. The molecule has 1 spiro atoms. The van der Waals surface area contributed by atoms with Gasteiger partial charge in [-0.05, 0) is 31.1 Å². The van der Waals surface area contributed by atoms with E-state index in [0.29, 0.717) is 12.3 Å². The number of hydrogen-bond acceptors (Lipinski definition) is 2. The average molecular weight is 235 g/mol. The van der Waals surface area contributed by atoms with Crippen molar-refractivity contribution in [1.29, 1.82) is 0 Å². The molecule has 0 radical (unpaired) electrons. The van der Waals surface area contributed by atoms with Gasteiger partial charge in [0.15, 0.2) is 0 Å². The summed E-state index contributed by atoms with van der Waals surface area (Å²) in [6.07, 6.45) is 8.87. The van der Waals surface area contributed by atoms with Crippen LogP contribution in [0.5, 0.6) is 0 Å². The van der Waals surface area contributed by atoms with Gasteiger partial charge in [-0.2, -0.15) is 0 Å². The van der Waals surface area contributed by atoms with Crippen molar-refractivity contribution in [3.05, 3.63) is 0 Å². The fraction of sp³-hybridized carbons (Fsp3) is 0.857. The second-order valence-electron chi connectivity index (χ2n) is 6.26. The fourth-order valence-corrected chi connectivity index (χ4v) is 4.31. The lowest BCUT2D eigenvalue weighted by Crippen LogP contribution is -2.40. The lowest BCUT2D eigenvalue weighted by molar-refractivity contribution is -0.141. The van der Waals surface area contributed by atoms with Gasteiger partial charge in [0.1, 0.15) is 0 Å². The molecule has 0 aromatic rings. The summed E-state index contributed by atoms with van der Waals surface area (Å²) in [4.78, 5) is 25.4. The molecule has 0 aromatic heterocycles. The molecule has 1 saturated heterocycles. The Morgan fingerprint density at radius 3 is 2.47 bits per heavy atom. The van der Waals surface area contributed by atoms with E-state index in [1.807, 2.05) is 0 Å². The number of carbonyl (C=O) groups is 2. The highest BCUT2D eigenvalue weighted by Gasteiger charge is 2.53. The number of rotatable bonds is 0. The van der Waals surface area contributed by atoms with Crippen molar-refractivity contribution < 1.29 is 9.59 Å². The number of hydrogen-bond donors (Lipinski definition) is 0. The zero-order valence-corrected chi connectivity index (χ0v) is 10.6. The lowest BCUT2D eigenvalue weighted by atomic mass is 9.60. The van der Waals surface area contributed by atoms with E-state index in [1.165, 1.54) is 30.6 Å². The molecule has 1 aliphatic heterocycles. The highest BCUT2D eigenvalue weighted by atomic mass is 16.2. The van der Waals surface area contributed by atoms with Gasteiger partial charge in [-0.15, -0.1) is 0 Å². The molecule has 2 aliphatic carbocycles. The van der Waals surface area contributed by atoms with Gasteiger partial charge in [-0.25, -0.2) is 0 Å². The molecule has 3 heteroatoms. The molecule has 0 bridgehead atoms. The molecule has 3 rings (SSSR count). The Kier molecular flexibility index (Phi) is 2.53. The third-order valence-electron chi connectivity index (χ3n) is 5.34. The maximum Gasteiger partial charge on any atom is 0.235 e. The maximum atomic E-state index is 12.3. The minimum atomic E-state index is -0.301. The maximum absolute atomic E-state index is 12.3. The van der Waals surface area contributed by atoms with E-state index in [9.17, 15) is 9.59 Å². The van der Waals surface area contributed by atoms with E-state index in [1.54, 1.807) is 7.05 Å². The number of likely N-dealkylation sites (tertiary alicyclic amines) is 1. The molecule has 1 heterocycles. The lowest BCUT2D eigenvalue weighted by Gasteiger charge is -2.43. The topological polar surface area (TPSA) is 37.4 Å². The van der Waals surface area contributed by atoms with E-state index in [2.05, 4.69) is 0 Å².